The van der Waals surface area contributed by atoms with Gasteiger partial charge in [0.1, 0.15) is 0 Å². The van der Waals surface area contributed by atoms with Crippen LogP contribution in [0.25, 0.3) is 21.9 Å². The molecule has 6 heteroatoms. The van der Waals surface area contributed by atoms with E-state index in [-0.39, 0.29) is 11.4 Å². The van der Waals surface area contributed by atoms with E-state index in [4.69, 9.17) is 4.74 Å². The van der Waals surface area contributed by atoms with Crippen molar-refractivity contribution in [1.82, 2.24) is 19.4 Å². The number of nitrogens with zero attached hydrogens (tertiary/aromatic N) is 3. The maximum atomic E-state index is 13.3. The summed E-state index contributed by atoms with van der Waals surface area (Å²) in [6, 6.07) is 16.2. The topological polar surface area (TPSA) is 63.1 Å². The van der Waals surface area contributed by atoms with Crippen LogP contribution >= 0.6 is 0 Å². The number of aromatic nitrogens is 3. The second-order valence-electron chi connectivity index (χ2n) is 8.66. The number of ketones is 1. The number of para-hydroxylation sites is 3. The van der Waals surface area contributed by atoms with Crippen molar-refractivity contribution >= 4 is 27.7 Å². The maximum absolute atomic E-state index is 13.3. The number of fused-ring (bicyclic) bond motifs is 2. The third-order valence-electron chi connectivity index (χ3n) is 6.58. The lowest BCUT2D eigenvalue weighted by Crippen LogP contribution is -2.52. The van der Waals surface area contributed by atoms with E-state index in [1.165, 1.54) is 0 Å². The minimum absolute atomic E-state index is 0.162. The number of methoxy groups -OCH3 is 1. The molecule has 1 unspecified atom stereocenters. The number of Topliss-reactive ketones (excluding diaryl/α,β-unsaturated/α-hetero) is 1. The summed E-state index contributed by atoms with van der Waals surface area (Å²) in [7, 11) is 1.79. The van der Waals surface area contributed by atoms with Crippen molar-refractivity contribution in [1.29, 1.82) is 0 Å². The van der Waals surface area contributed by atoms with Gasteiger partial charge in [-0.15, -0.1) is 0 Å². The number of ether oxygens (including phenoxy) is 1. The Morgan fingerprint density at radius 1 is 1.19 bits per heavy atom. The van der Waals surface area contributed by atoms with Gasteiger partial charge in [0.2, 0.25) is 0 Å². The van der Waals surface area contributed by atoms with Crippen molar-refractivity contribution < 1.29 is 9.53 Å². The Morgan fingerprint density at radius 2 is 2.00 bits per heavy atom. The quantitative estimate of drug-likeness (QED) is 0.479. The molecule has 1 atom stereocenters. The number of benzene rings is 2. The molecule has 31 heavy (non-hydrogen) atoms. The summed E-state index contributed by atoms with van der Waals surface area (Å²) in [5.74, 6) is 0.162. The Balaban J connectivity index is 1.36. The van der Waals surface area contributed by atoms with Crippen LogP contribution in [0.5, 0.6) is 0 Å². The molecule has 1 aliphatic heterocycles. The molecule has 5 rings (SSSR count). The number of aryl methyl sites for hydroxylation is 1. The second-order valence-corrected chi connectivity index (χ2v) is 8.66. The second kappa shape index (κ2) is 7.94. The molecule has 1 aliphatic rings. The summed E-state index contributed by atoms with van der Waals surface area (Å²) in [6.45, 7) is 4.73. The highest BCUT2D eigenvalue weighted by Crippen LogP contribution is 2.29. The molecule has 6 nitrogen and oxygen atoms in total. The summed E-state index contributed by atoms with van der Waals surface area (Å²) in [4.78, 5) is 23.4. The SMILES string of the molecule is COC1(Cn2cnc3ccccc32)CCCN(CC(=O)c2c(C)[nH]c3ccccc23)C1. The van der Waals surface area contributed by atoms with Crippen molar-refractivity contribution in [2.45, 2.75) is 31.9 Å². The molecule has 2 aromatic heterocycles. The van der Waals surface area contributed by atoms with Crippen molar-refractivity contribution in [3.63, 3.8) is 0 Å². The lowest BCUT2D eigenvalue weighted by Gasteiger charge is -2.42. The number of rotatable bonds is 6. The van der Waals surface area contributed by atoms with Crippen LogP contribution in [0, 0.1) is 6.92 Å². The van der Waals surface area contributed by atoms with Gasteiger partial charge in [-0.2, -0.15) is 0 Å². The Morgan fingerprint density at radius 3 is 2.87 bits per heavy atom. The minimum Gasteiger partial charge on any atom is -0.375 e. The van der Waals surface area contributed by atoms with Crippen molar-refractivity contribution in [3.05, 3.63) is 66.1 Å². The van der Waals surface area contributed by atoms with Gasteiger partial charge in [0, 0.05) is 35.8 Å². The third-order valence-corrected chi connectivity index (χ3v) is 6.58. The standard InChI is InChI=1S/C25H28N4O2/c1-18-24(19-8-3-4-9-20(19)27-18)23(30)14-28-13-7-12-25(15-28,31-2)16-29-17-26-21-10-5-6-11-22(21)29/h3-6,8-11,17,27H,7,12-16H2,1-2H3. The van der Waals surface area contributed by atoms with Crippen LogP contribution in [-0.2, 0) is 11.3 Å². The molecule has 0 spiro atoms. The Bertz CT molecular complexity index is 1240. The summed E-state index contributed by atoms with van der Waals surface area (Å²) in [6.07, 6.45) is 3.86. The Hall–Kier alpha value is -2.96. The molecular formula is C25H28N4O2. The number of hydrogen-bond donors (Lipinski definition) is 1. The highest BCUT2D eigenvalue weighted by Gasteiger charge is 2.37. The molecule has 0 saturated carbocycles. The van der Waals surface area contributed by atoms with E-state index in [0.29, 0.717) is 6.54 Å². The average molecular weight is 417 g/mol. The predicted octanol–water partition coefficient (Wildman–Crippen LogP) is 4.19. The predicted molar refractivity (Wildman–Crippen MR) is 123 cm³/mol. The highest BCUT2D eigenvalue weighted by atomic mass is 16.5. The van der Waals surface area contributed by atoms with Crippen LogP contribution in [0.15, 0.2) is 54.9 Å². The van der Waals surface area contributed by atoms with Crippen LogP contribution in [0.1, 0.15) is 28.9 Å². The fraction of sp³-hybridized carbons (Fsp3) is 0.360. The molecule has 0 aliphatic carbocycles. The number of H-pyrrole nitrogens is 1. The number of hydrogen-bond acceptors (Lipinski definition) is 4. The third kappa shape index (κ3) is 3.66. The fourth-order valence-corrected chi connectivity index (χ4v) is 5.05. The molecule has 0 bridgehead atoms. The van der Waals surface area contributed by atoms with E-state index in [1.807, 2.05) is 55.7 Å². The van der Waals surface area contributed by atoms with Gasteiger partial charge in [-0.3, -0.25) is 9.69 Å². The molecule has 0 amide bonds. The smallest absolute Gasteiger partial charge is 0.179 e. The summed E-state index contributed by atoms with van der Waals surface area (Å²) in [5.41, 5.74) is 4.53. The van der Waals surface area contributed by atoms with Crippen molar-refractivity contribution in [3.8, 4) is 0 Å². The van der Waals surface area contributed by atoms with E-state index in [1.54, 1.807) is 7.11 Å². The minimum atomic E-state index is -0.336. The lowest BCUT2D eigenvalue weighted by molar-refractivity contribution is -0.0728. The van der Waals surface area contributed by atoms with Gasteiger partial charge in [0.05, 0.1) is 36.1 Å². The molecule has 0 radical (unpaired) electrons. The molecular weight excluding hydrogens is 388 g/mol. The van der Waals surface area contributed by atoms with Gasteiger partial charge < -0.3 is 14.3 Å². The number of piperidine rings is 1. The number of likely N-dealkylation sites (tertiary alicyclic amines) is 1. The number of aromatic amines is 1. The highest BCUT2D eigenvalue weighted by molar-refractivity contribution is 6.10. The van der Waals surface area contributed by atoms with Crippen LogP contribution in [0.4, 0.5) is 0 Å². The van der Waals surface area contributed by atoms with Crippen molar-refractivity contribution in [2.75, 3.05) is 26.7 Å². The zero-order valence-electron chi connectivity index (χ0n) is 18.1. The first-order chi connectivity index (χ1) is 15.1. The molecule has 2 aromatic carbocycles. The number of imidazole rings is 1. The van der Waals surface area contributed by atoms with E-state index in [9.17, 15) is 4.79 Å². The number of carbonyl (C=O) groups excluding carboxylic acids is 1. The summed E-state index contributed by atoms with van der Waals surface area (Å²) < 4.78 is 8.26. The molecule has 160 valence electrons. The van der Waals surface area contributed by atoms with E-state index < -0.39 is 0 Å². The first-order valence-corrected chi connectivity index (χ1v) is 10.9. The lowest BCUT2D eigenvalue weighted by atomic mass is 9.91. The van der Waals surface area contributed by atoms with Gasteiger partial charge in [0.15, 0.2) is 5.78 Å². The van der Waals surface area contributed by atoms with Crippen LogP contribution in [0.3, 0.4) is 0 Å². The molecule has 1 N–H and O–H groups in total. The molecule has 4 aromatic rings. The van der Waals surface area contributed by atoms with Crippen molar-refractivity contribution in [2.24, 2.45) is 0 Å². The maximum Gasteiger partial charge on any atom is 0.179 e. The van der Waals surface area contributed by atoms with Gasteiger partial charge in [-0.05, 0) is 44.5 Å². The summed E-state index contributed by atoms with van der Waals surface area (Å²) in [5, 5.41) is 1.00. The first-order valence-electron chi connectivity index (χ1n) is 10.9. The first kappa shape index (κ1) is 20.0. The van der Waals surface area contributed by atoms with E-state index >= 15 is 0 Å². The zero-order valence-corrected chi connectivity index (χ0v) is 18.1. The average Bonchev–Trinajstić information content (AvgIpc) is 3.34. The molecule has 3 heterocycles. The van der Waals surface area contributed by atoms with Crippen LogP contribution < -0.4 is 0 Å². The van der Waals surface area contributed by atoms with Gasteiger partial charge in [-0.1, -0.05) is 30.3 Å². The Labute approximate surface area is 181 Å². The molecule has 1 fully saturated rings. The van der Waals surface area contributed by atoms with Gasteiger partial charge in [0.25, 0.3) is 0 Å². The summed E-state index contributed by atoms with van der Waals surface area (Å²) >= 11 is 0. The largest absolute Gasteiger partial charge is 0.375 e. The monoisotopic (exact) mass is 416 g/mol. The number of carbonyl (C=O) groups is 1. The van der Waals surface area contributed by atoms with Crippen LogP contribution in [-0.4, -0.2) is 57.6 Å². The molecule has 1 saturated heterocycles. The number of nitrogens with one attached hydrogen (secondary N) is 1. The fourth-order valence-electron chi connectivity index (χ4n) is 5.05. The van der Waals surface area contributed by atoms with E-state index in [2.05, 4.69) is 25.5 Å². The normalized spacial score (nSPS) is 19.9. The zero-order chi connectivity index (χ0) is 21.4. The van der Waals surface area contributed by atoms with Crippen LogP contribution in [0.2, 0.25) is 0 Å². The van der Waals surface area contributed by atoms with E-state index in [0.717, 1.165) is 65.7 Å². The Kier molecular flexibility index (Phi) is 5.12. The van der Waals surface area contributed by atoms with Gasteiger partial charge in [-0.25, -0.2) is 4.98 Å². The van der Waals surface area contributed by atoms with Gasteiger partial charge >= 0.3 is 0 Å².